The van der Waals surface area contributed by atoms with Crippen LogP contribution in [0.3, 0.4) is 0 Å². The van der Waals surface area contributed by atoms with Crippen LogP contribution in [0.4, 0.5) is 0 Å². The second kappa shape index (κ2) is 4.05. The van der Waals surface area contributed by atoms with E-state index in [1.54, 1.807) is 12.1 Å². The zero-order valence-electron chi connectivity index (χ0n) is 7.57. The molecule has 0 saturated carbocycles. The third-order valence-corrected chi connectivity index (χ3v) is 3.49. The SMILES string of the molecule is N#Cc1cc(Br)c(O)c(-c2cccs2)c1. The van der Waals surface area contributed by atoms with Gasteiger partial charge in [0.25, 0.3) is 0 Å². The number of rotatable bonds is 1. The fourth-order valence-electron chi connectivity index (χ4n) is 1.28. The van der Waals surface area contributed by atoms with Crippen LogP contribution in [0.2, 0.25) is 0 Å². The van der Waals surface area contributed by atoms with E-state index in [-0.39, 0.29) is 5.75 Å². The van der Waals surface area contributed by atoms with Gasteiger partial charge in [0, 0.05) is 10.4 Å². The van der Waals surface area contributed by atoms with Gasteiger partial charge in [-0.05, 0) is 39.5 Å². The third kappa shape index (κ3) is 1.89. The second-order valence-electron chi connectivity index (χ2n) is 2.94. The molecule has 0 unspecified atom stereocenters. The topological polar surface area (TPSA) is 44.0 Å². The number of aromatic hydroxyl groups is 1. The molecule has 1 heterocycles. The van der Waals surface area contributed by atoms with E-state index in [0.717, 1.165) is 4.88 Å². The molecule has 1 aromatic heterocycles. The summed E-state index contributed by atoms with van der Waals surface area (Å²) in [5, 5.41) is 20.6. The van der Waals surface area contributed by atoms with E-state index in [1.807, 2.05) is 17.5 Å². The molecule has 0 fully saturated rings. The molecule has 0 bridgehead atoms. The first-order valence-corrected chi connectivity index (χ1v) is 5.86. The van der Waals surface area contributed by atoms with Gasteiger partial charge in [-0.25, -0.2) is 0 Å². The Labute approximate surface area is 99.5 Å². The highest BCUT2D eigenvalue weighted by atomic mass is 79.9. The van der Waals surface area contributed by atoms with E-state index in [2.05, 4.69) is 22.0 Å². The Kier molecular flexibility index (Phi) is 2.76. The third-order valence-electron chi connectivity index (χ3n) is 1.98. The fourth-order valence-corrected chi connectivity index (χ4v) is 2.49. The summed E-state index contributed by atoms with van der Waals surface area (Å²) in [5.74, 6) is 0.177. The van der Waals surface area contributed by atoms with Gasteiger partial charge in [0.1, 0.15) is 5.75 Å². The molecule has 0 aliphatic heterocycles. The van der Waals surface area contributed by atoms with E-state index in [9.17, 15) is 5.11 Å². The molecule has 2 aromatic rings. The van der Waals surface area contributed by atoms with E-state index in [4.69, 9.17) is 5.26 Å². The number of phenols is 1. The number of benzene rings is 1. The van der Waals surface area contributed by atoms with E-state index >= 15 is 0 Å². The van der Waals surface area contributed by atoms with Crippen molar-refractivity contribution in [1.29, 1.82) is 5.26 Å². The van der Waals surface area contributed by atoms with Crippen LogP contribution < -0.4 is 0 Å². The van der Waals surface area contributed by atoms with Crippen molar-refractivity contribution in [2.45, 2.75) is 0 Å². The lowest BCUT2D eigenvalue weighted by Crippen LogP contribution is -1.81. The molecule has 0 saturated heterocycles. The van der Waals surface area contributed by atoms with Gasteiger partial charge in [0.15, 0.2) is 0 Å². The van der Waals surface area contributed by atoms with Crippen molar-refractivity contribution in [3.8, 4) is 22.3 Å². The Hall–Kier alpha value is -1.31. The van der Waals surface area contributed by atoms with Crippen molar-refractivity contribution < 1.29 is 5.11 Å². The van der Waals surface area contributed by atoms with Crippen molar-refractivity contribution in [3.05, 3.63) is 39.7 Å². The van der Waals surface area contributed by atoms with Gasteiger partial charge in [-0.15, -0.1) is 11.3 Å². The normalized spacial score (nSPS) is 9.87. The summed E-state index contributed by atoms with van der Waals surface area (Å²) in [4.78, 5) is 0.949. The van der Waals surface area contributed by atoms with Crippen LogP contribution in [0.15, 0.2) is 34.1 Å². The molecule has 2 rings (SSSR count). The quantitative estimate of drug-likeness (QED) is 0.864. The van der Waals surface area contributed by atoms with Gasteiger partial charge in [0.05, 0.1) is 16.1 Å². The summed E-state index contributed by atoms with van der Waals surface area (Å²) < 4.78 is 0.546. The van der Waals surface area contributed by atoms with Gasteiger partial charge in [-0.1, -0.05) is 6.07 Å². The first-order valence-electron chi connectivity index (χ1n) is 4.19. The molecule has 74 valence electrons. The molecule has 0 aliphatic rings. The molecular formula is C11H6BrNOS. The zero-order chi connectivity index (χ0) is 10.8. The van der Waals surface area contributed by atoms with Gasteiger partial charge in [-0.2, -0.15) is 5.26 Å². The lowest BCUT2D eigenvalue weighted by molar-refractivity contribution is 0.474. The first kappa shape index (κ1) is 10.2. The highest BCUT2D eigenvalue weighted by Crippen LogP contribution is 2.38. The summed E-state index contributed by atoms with van der Waals surface area (Å²) in [6, 6.07) is 9.17. The predicted molar refractivity (Wildman–Crippen MR) is 63.8 cm³/mol. The van der Waals surface area contributed by atoms with Gasteiger partial charge >= 0.3 is 0 Å². The average molecular weight is 280 g/mol. The number of thiophene rings is 1. The highest BCUT2D eigenvalue weighted by Gasteiger charge is 2.10. The highest BCUT2D eigenvalue weighted by molar-refractivity contribution is 9.10. The summed E-state index contributed by atoms with van der Waals surface area (Å²) in [6.07, 6.45) is 0. The molecule has 2 nitrogen and oxygen atoms in total. The average Bonchev–Trinajstić information content (AvgIpc) is 2.75. The van der Waals surface area contributed by atoms with Crippen molar-refractivity contribution in [2.24, 2.45) is 0 Å². The number of phenolic OH excluding ortho intramolecular Hbond substituents is 1. The summed E-state index contributed by atoms with van der Waals surface area (Å²) >= 11 is 4.75. The van der Waals surface area contributed by atoms with Crippen LogP contribution in [0, 0.1) is 11.3 Å². The second-order valence-corrected chi connectivity index (χ2v) is 4.75. The molecule has 0 aliphatic carbocycles. The molecule has 0 atom stereocenters. The lowest BCUT2D eigenvalue weighted by atomic mass is 10.1. The number of nitrogens with zero attached hydrogens (tertiary/aromatic N) is 1. The first-order chi connectivity index (χ1) is 7.22. The van der Waals surface area contributed by atoms with Crippen LogP contribution in [-0.2, 0) is 0 Å². The van der Waals surface area contributed by atoms with E-state index in [0.29, 0.717) is 15.6 Å². The molecule has 0 spiro atoms. The molecule has 0 radical (unpaired) electrons. The summed E-state index contributed by atoms with van der Waals surface area (Å²) in [6.45, 7) is 0. The Balaban J connectivity index is 2.66. The van der Waals surface area contributed by atoms with Crippen molar-refractivity contribution in [3.63, 3.8) is 0 Å². The summed E-state index contributed by atoms with van der Waals surface area (Å²) in [5.41, 5.74) is 1.22. The molecule has 1 N–H and O–H groups in total. The van der Waals surface area contributed by atoms with E-state index < -0.39 is 0 Å². The Morgan fingerprint density at radius 1 is 1.40 bits per heavy atom. The van der Waals surface area contributed by atoms with E-state index in [1.165, 1.54) is 11.3 Å². The monoisotopic (exact) mass is 279 g/mol. The fraction of sp³-hybridized carbons (Fsp3) is 0. The number of hydrogen-bond donors (Lipinski definition) is 1. The minimum Gasteiger partial charge on any atom is -0.506 e. The molecule has 4 heteroatoms. The largest absolute Gasteiger partial charge is 0.506 e. The van der Waals surface area contributed by atoms with Crippen LogP contribution >= 0.6 is 27.3 Å². The van der Waals surface area contributed by atoms with Crippen molar-refractivity contribution in [1.82, 2.24) is 0 Å². The minimum atomic E-state index is 0.177. The minimum absolute atomic E-state index is 0.177. The predicted octanol–water partition coefficient (Wildman–Crippen LogP) is 3.75. The Bertz CT molecular complexity index is 528. The zero-order valence-corrected chi connectivity index (χ0v) is 9.97. The molecule has 0 amide bonds. The standard InChI is InChI=1S/C11H6BrNOS/c12-9-5-7(6-13)4-8(11(9)14)10-2-1-3-15-10/h1-5,14H. The number of halogens is 1. The van der Waals surface area contributed by atoms with Gasteiger partial charge < -0.3 is 5.11 Å². The smallest absolute Gasteiger partial charge is 0.138 e. The van der Waals surface area contributed by atoms with Crippen molar-refractivity contribution in [2.75, 3.05) is 0 Å². The summed E-state index contributed by atoms with van der Waals surface area (Å²) in [7, 11) is 0. The molecule has 1 aromatic carbocycles. The maximum atomic E-state index is 9.84. The van der Waals surface area contributed by atoms with Crippen LogP contribution in [-0.4, -0.2) is 5.11 Å². The van der Waals surface area contributed by atoms with Crippen LogP contribution in [0.25, 0.3) is 10.4 Å². The van der Waals surface area contributed by atoms with Crippen LogP contribution in [0.1, 0.15) is 5.56 Å². The van der Waals surface area contributed by atoms with Crippen LogP contribution in [0.5, 0.6) is 5.75 Å². The van der Waals surface area contributed by atoms with Gasteiger partial charge in [-0.3, -0.25) is 0 Å². The number of nitriles is 1. The van der Waals surface area contributed by atoms with Gasteiger partial charge in [0.2, 0.25) is 0 Å². The maximum Gasteiger partial charge on any atom is 0.138 e. The van der Waals surface area contributed by atoms with Crippen molar-refractivity contribution >= 4 is 27.3 Å². The number of hydrogen-bond acceptors (Lipinski definition) is 3. The maximum absolute atomic E-state index is 9.84. The Morgan fingerprint density at radius 3 is 2.80 bits per heavy atom. The molecule has 15 heavy (non-hydrogen) atoms. The molecular weight excluding hydrogens is 274 g/mol. The lowest BCUT2D eigenvalue weighted by Gasteiger charge is -2.04. The Morgan fingerprint density at radius 2 is 2.20 bits per heavy atom.